The van der Waals surface area contributed by atoms with E-state index in [4.69, 9.17) is 0 Å². The van der Waals surface area contributed by atoms with Gasteiger partial charge in [0, 0.05) is 9.77 Å². The van der Waals surface area contributed by atoms with E-state index in [1.165, 1.54) is 0 Å². The summed E-state index contributed by atoms with van der Waals surface area (Å²) in [5.74, 6) is 0.979. The lowest BCUT2D eigenvalue weighted by Crippen LogP contribution is -2.74. The molecule has 2 rings (SSSR count). The van der Waals surface area contributed by atoms with Gasteiger partial charge >= 0.3 is 0 Å². The molecule has 10 heavy (non-hydrogen) atoms. The van der Waals surface area contributed by atoms with Crippen LogP contribution >= 0.6 is 22.6 Å². The first-order valence-electron chi connectivity index (χ1n) is 2.90. The van der Waals surface area contributed by atoms with Crippen LogP contribution in [0.1, 0.15) is 0 Å². The molecule has 0 saturated carbocycles. The number of aromatic nitrogens is 1. The van der Waals surface area contributed by atoms with Gasteiger partial charge in [-0.1, -0.05) is 0 Å². The number of quaternary nitrogens is 1. The second-order valence-corrected chi connectivity index (χ2v) is 3.13. The molecule has 1 aliphatic heterocycles. The maximum Gasteiger partial charge on any atom is 0.257 e. The normalized spacial score (nSPS) is 13.7. The van der Waals surface area contributed by atoms with E-state index in [9.17, 15) is 0 Å². The molecule has 0 aliphatic carbocycles. The Morgan fingerprint density at radius 3 is 3.20 bits per heavy atom. The SMILES string of the molecule is Ic1ccnc2c1N=C[NH2+]2. The Morgan fingerprint density at radius 2 is 2.40 bits per heavy atom. The first-order chi connectivity index (χ1) is 4.88. The number of hydrogen-bond acceptors (Lipinski definition) is 2. The average molecular weight is 246 g/mol. The monoisotopic (exact) mass is 246 g/mol. The second kappa shape index (κ2) is 2.28. The first-order valence-corrected chi connectivity index (χ1v) is 3.98. The molecule has 0 aromatic carbocycles. The topological polar surface area (TPSA) is 41.9 Å². The Bertz CT molecular complexity index is 295. The molecule has 50 valence electrons. The van der Waals surface area contributed by atoms with Crippen LogP contribution in [0.25, 0.3) is 0 Å². The largest absolute Gasteiger partial charge is 0.257 e. The van der Waals surface area contributed by atoms with E-state index >= 15 is 0 Å². The molecule has 0 fully saturated rings. The molecule has 2 N–H and O–H groups in total. The molecule has 0 unspecified atom stereocenters. The number of halogens is 1. The molecule has 3 nitrogen and oxygen atoms in total. The maximum absolute atomic E-state index is 4.15. The van der Waals surface area contributed by atoms with Gasteiger partial charge in [0.15, 0.2) is 12.0 Å². The molecule has 0 saturated heterocycles. The van der Waals surface area contributed by atoms with Crippen LogP contribution in [0, 0.1) is 3.57 Å². The highest BCUT2D eigenvalue weighted by Crippen LogP contribution is 2.26. The van der Waals surface area contributed by atoms with Crippen LogP contribution in [0.2, 0.25) is 0 Å². The van der Waals surface area contributed by atoms with E-state index in [0.29, 0.717) is 0 Å². The van der Waals surface area contributed by atoms with Gasteiger partial charge in [-0.3, -0.25) is 5.32 Å². The van der Waals surface area contributed by atoms with Crippen LogP contribution in [0.15, 0.2) is 17.3 Å². The quantitative estimate of drug-likeness (QED) is 0.667. The molecule has 0 spiro atoms. The fourth-order valence-corrected chi connectivity index (χ4v) is 1.45. The molecule has 1 aliphatic rings. The van der Waals surface area contributed by atoms with Crippen molar-refractivity contribution in [2.45, 2.75) is 0 Å². The van der Waals surface area contributed by atoms with Crippen molar-refractivity contribution < 1.29 is 5.32 Å². The van der Waals surface area contributed by atoms with Gasteiger partial charge in [-0.2, -0.15) is 4.99 Å². The highest BCUT2D eigenvalue weighted by Gasteiger charge is 2.14. The fraction of sp³-hybridized carbons (Fsp3) is 0. The van der Waals surface area contributed by atoms with Gasteiger partial charge in [-0.05, 0) is 28.7 Å². The van der Waals surface area contributed by atoms with Crippen molar-refractivity contribution in [2.24, 2.45) is 4.99 Å². The third kappa shape index (κ3) is 0.836. The van der Waals surface area contributed by atoms with E-state index in [2.05, 4.69) is 32.6 Å². The third-order valence-corrected chi connectivity index (χ3v) is 2.21. The van der Waals surface area contributed by atoms with Gasteiger partial charge in [0.05, 0.1) is 0 Å². The Balaban J connectivity index is 2.67. The lowest BCUT2D eigenvalue weighted by molar-refractivity contribution is -0.432. The second-order valence-electron chi connectivity index (χ2n) is 1.97. The number of nitrogens with zero attached hydrogens (tertiary/aromatic N) is 2. The van der Waals surface area contributed by atoms with Gasteiger partial charge in [0.2, 0.25) is 0 Å². The number of hydrogen-bond donors (Lipinski definition) is 1. The van der Waals surface area contributed by atoms with E-state index < -0.39 is 0 Å². The summed E-state index contributed by atoms with van der Waals surface area (Å²) < 4.78 is 1.16. The number of nitrogens with two attached hydrogens (primary N) is 1. The summed E-state index contributed by atoms with van der Waals surface area (Å²) in [5, 5.41) is 1.91. The van der Waals surface area contributed by atoms with Crippen LogP contribution in [-0.4, -0.2) is 11.3 Å². The van der Waals surface area contributed by atoms with Gasteiger partial charge in [-0.15, -0.1) is 0 Å². The van der Waals surface area contributed by atoms with E-state index in [1.54, 1.807) is 12.5 Å². The molecule has 1 aromatic heterocycles. The van der Waals surface area contributed by atoms with Crippen LogP contribution in [-0.2, 0) is 0 Å². The minimum Gasteiger partial charge on any atom is -0.253 e. The van der Waals surface area contributed by atoms with Gasteiger partial charge in [-0.25, -0.2) is 4.98 Å². The lowest BCUT2D eigenvalue weighted by Gasteiger charge is -1.91. The van der Waals surface area contributed by atoms with Crippen molar-refractivity contribution in [3.63, 3.8) is 0 Å². The summed E-state index contributed by atoms with van der Waals surface area (Å²) in [6.45, 7) is 0. The van der Waals surface area contributed by atoms with Crippen LogP contribution in [0.3, 0.4) is 0 Å². The van der Waals surface area contributed by atoms with Gasteiger partial charge < -0.3 is 0 Å². The van der Waals surface area contributed by atoms with Crippen molar-refractivity contribution in [3.8, 4) is 0 Å². The zero-order valence-electron chi connectivity index (χ0n) is 5.08. The number of pyridine rings is 1. The molecular weight excluding hydrogens is 241 g/mol. The summed E-state index contributed by atoms with van der Waals surface area (Å²) in [5.41, 5.74) is 1.00. The third-order valence-electron chi connectivity index (χ3n) is 1.34. The zero-order chi connectivity index (χ0) is 6.97. The van der Waals surface area contributed by atoms with Crippen molar-refractivity contribution in [1.29, 1.82) is 0 Å². The Morgan fingerprint density at radius 1 is 1.50 bits per heavy atom. The van der Waals surface area contributed by atoms with E-state index in [1.807, 2.05) is 11.4 Å². The van der Waals surface area contributed by atoms with Crippen molar-refractivity contribution in [3.05, 3.63) is 15.8 Å². The van der Waals surface area contributed by atoms with Gasteiger partial charge in [0.1, 0.15) is 0 Å². The smallest absolute Gasteiger partial charge is 0.253 e. The Hall–Kier alpha value is -0.490. The molecule has 0 radical (unpaired) electrons. The molecular formula is C6H5IN3+. The molecule has 0 bridgehead atoms. The number of rotatable bonds is 0. The van der Waals surface area contributed by atoms with Gasteiger partial charge in [0.25, 0.3) is 5.82 Å². The first kappa shape index (κ1) is 6.23. The number of aliphatic imine (C=N–C) groups is 1. The Kier molecular flexibility index (Phi) is 1.42. The highest BCUT2D eigenvalue weighted by molar-refractivity contribution is 14.1. The lowest BCUT2D eigenvalue weighted by atomic mass is 10.4. The summed E-state index contributed by atoms with van der Waals surface area (Å²) >= 11 is 2.25. The fourth-order valence-electron chi connectivity index (χ4n) is 0.878. The molecule has 0 amide bonds. The van der Waals surface area contributed by atoms with E-state index in [-0.39, 0.29) is 0 Å². The summed E-state index contributed by atoms with van der Waals surface area (Å²) in [6.07, 6.45) is 3.58. The number of fused-ring (bicyclic) bond motifs is 1. The Labute approximate surface area is 71.7 Å². The predicted octanol–water partition coefficient (Wildman–Crippen LogP) is 0.554. The van der Waals surface area contributed by atoms with Crippen LogP contribution in [0.5, 0.6) is 0 Å². The van der Waals surface area contributed by atoms with Crippen molar-refractivity contribution in [2.75, 3.05) is 0 Å². The predicted molar refractivity (Wildman–Crippen MR) is 46.7 cm³/mol. The molecule has 4 heteroatoms. The zero-order valence-corrected chi connectivity index (χ0v) is 7.24. The average Bonchev–Trinajstić information content (AvgIpc) is 2.36. The van der Waals surface area contributed by atoms with Crippen LogP contribution < -0.4 is 5.32 Å². The minimum atomic E-state index is 0.979. The molecule has 0 atom stereocenters. The van der Waals surface area contributed by atoms with E-state index in [0.717, 1.165) is 15.1 Å². The summed E-state index contributed by atoms with van der Waals surface area (Å²) in [7, 11) is 0. The summed E-state index contributed by atoms with van der Waals surface area (Å²) in [6, 6.07) is 1.95. The van der Waals surface area contributed by atoms with Crippen LogP contribution in [0.4, 0.5) is 11.5 Å². The van der Waals surface area contributed by atoms with Crippen molar-refractivity contribution >= 4 is 40.4 Å². The summed E-state index contributed by atoms with van der Waals surface area (Å²) in [4.78, 5) is 8.28. The van der Waals surface area contributed by atoms with Crippen molar-refractivity contribution in [1.82, 2.24) is 4.98 Å². The molecule has 2 heterocycles. The maximum atomic E-state index is 4.15. The standard InChI is InChI=1S/C6H4IN3/c7-4-1-2-8-6-5(4)9-3-10-6/h1-3H,(H,8,9,10)/p+1. The minimum absolute atomic E-state index is 0.979. The highest BCUT2D eigenvalue weighted by atomic mass is 127. The molecule has 1 aromatic rings.